The Bertz CT molecular complexity index is 3910. The molecule has 0 bridgehead atoms. The van der Waals surface area contributed by atoms with Crippen LogP contribution in [0.3, 0.4) is 0 Å². The van der Waals surface area contributed by atoms with E-state index in [1.165, 1.54) is 40.1 Å². The number of ether oxygens (including phenoxy) is 2. The Morgan fingerprint density at radius 2 is 0.899 bits per heavy atom. The third-order valence-corrected chi connectivity index (χ3v) is 18.4. The molecule has 0 amide bonds. The summed E-state index contributed by atoms with van der Waals surface area (Å²) in [6, 6.07) is 42.4. The molecule has 0 atom stereocenters. The van der Waals surface area contributed by atoms with Crippen LogP contribution in [-0.2, 0) is 37.7 Å². The van der Waals surface area contributed by atoms with Gasteiger partial charge in [-0.15, -0.1) is 45.3 Å². The van der Waals surface area contributed by atoms with Crippen molar-refractivity contribution in [3.63, 3.8) is 0 Å². The third kappa shape index (κ3) is 6.29. The number of fused-ring (bicyclic) bond motifs is 11. The van der Waals surface area contributed by atoms with Crippen LogP contribution in [0.1, 0.15) is 67.9 Å². The monoisotopic (exact) mass is 970 g/mol. The predicted octanol–water partition coefficient (Wildman–Crippen LogP) is 13.3. The molecule has 3 aliphatic rings. The van der Waals surface area contributed by atoms with E-state index in [1.807, 2.05) is 115 Å². The lowest BCUT2D eigenvalue weighted by molar-refractivity contribution is -0.164. The Morgan fingerprint density at radius 3 is 1.39 bits per heavy atom. The van der Waals surface area contributed by atoms with Gasteiger partial charge < -0.3 is 9.47 Å². The summed E-state index contributed by atoms with van der Waals surface area (Å²) in [5.74, 6) is -3.43. The minimum Gasteiger partial charge on any atom is -0.459 e. The largest absolute Gasteiger partial charge is 0.459 e. The van der Waals surface area contributed by atoms with Gasteiger partial charge in [-0.1, -0.05) is 109 Å². The van der Waals surface area contributed by atoms with Gasteiger partial charge in [0.05, 0.1) is 34.6 Å². The number of esters is 2. The molecule has 0 fully saturated rings. The summed E-state index contributed by atoms with van der Waals surface area (Å²) in [4.78, 5) is 88.1. The molecule has 8 nitrogen and oxygen atoms in total. The van der Waals surface area contributed by atoms with Gasteiger partial charge in [-0.3, -0.25) is 28.8 Å². The molecular weight excluding hydrogens is 941 g/mol. The van der Waals surface area contributed by atoms with Crippen molar-refractivity contribution in [1.82, 2.24) is 0 Å². The average molecular weight is 971 g/mol. The predicted molar refractivity (Wildman–Crippen MR) is 274 cm³/mol. The Kier molecular flexibility index (Phi) is 9.40. The number of benzene rings is 6. The molecule has 0 saturated heterocycles. The molecule has 4 heterocycles. The van der Waals surface area contributed by atoms with Crippen LogP contribution in [-0.4, -0.2) is 35.1 Å². The highest BCUT2D eigenvalue weighted by Gasteiger charge is 2.59. The Morgan fingerprint density at radius 1 is 0.464 bits per heavy atom. The second-order valence-corrected chi connectivity index (χ2v) is 21.3. The fourth-order valence-electron chi connectivity index (χ4n) is 9.75. The summed E-state index contributed by atoms with van der Waals surface area (Å²) in [7, 11) is 0. The normalized spacial score (nSPS) is 14.9. The van der Waals surface area contributed by atoms with E-state index < -0.39 is 28.9 Å². The summed E-state index contributed by atoms with van der Waals surface area (Å²) in [5.41, 5.74) is 0.859. The van der Waals surface area contributed by atoms with Crippen molar-refractivity contribution in [1.29, 1.82) is 0 Å². The molecule has 69 heavy (non-hydrogen) atoms. The van der Waals surface area contributed by atoms with Crippen LogP contribution >= 0.6 is 45.3 Å². The number of Topliss-reactive ketones (excluding diaryl/α,β-unsaturated/α-hetero) is 4. The summed E-state index contributed by atoms with van der Waals surface area (Å²) in [6.07, 6.45) is 4.79. The smallest absolute Gasteiger partial charge is 0.333 e. The first-order valence-electron chi connectivity index (χ1n) is 21.9. The Balaban J connectivity index is 0.956. The van der Waals surface area contributed by atoms with Crippen molar-refractivity contribution < 1.29 is 38.2 Å². The zero-order valence-corrected chi connectivity index (χ0v) is 39.1. The highest BCUT2D eigenvalue weighted by molar-refractivity contribution is 7.44. The lowest BCUT2D eigenvalue weighted by Gasteiger charge is -2.28. The quantitative estimate of drug-likeness (QED) is 0.0639. The highest BCUT2D eigenvalue weighted by Crippen LogP contribution is 2.58. The first kappa shape index (κ1) is 41.4. The number of ketones is 4. The van der Waals surface area contributed by atoms with Crippen LogP contribution in [0.5, 0.6) is 0 Å². The molecule has 0 N–H and O–H groups in total. The van der Waals surface area contributed by atoms with Crippen molar-refractivity contribution in [3.05, 3.63) is 211 Å². The number of carbonyl (C=O) groups is 6. The van der Waals surface area contributed by atoms with E-state index in [4.69, 9.17) is 9.47 Å². The lowest BCUT2D eigenvalue weighted by Crippen LogP contribution is -2.46. The number of allylic oxidation sites excluding steroid dienone is 3. The van der Waals surface area contributed by atoms with E-state index in [2.05, 4.69) is 0 Å². The maximum atomic E-state index is 15.3. The average Bonchev–Trinajstić information content (AvgIpc) is 4.23. The SMILES string of the molecule is O=C1C(=CC2=Cc3sc4c(sc5c6sc(C=C7C(=O)c8cc9ccccc9cc8C7=O)cc6sc45)c3C2(C(=O)OCc2ccccc2)C(=O)OCc2ccccc2)C(=O)c2cc3ccccc3cc21. The summed E-state index contributed by atoms with van der Waals surface area (Å²) >= 11 is 5.87. The van der Waals surface area contributed by atoms with E-state index in [0.717, 1.165) is 49.9 Å². The van der Waals surface area contributed by atoms with Crippen LogP contribution in [0.25, 0.3) is 61.9 Å². The number of thiophene rings is 4. The van der Waals surface area contributed by atoms with Gasteiger partial charge in [-0.25, -0.2) is 0 Å². The van der Waals surface area contributed by atoms with Crippen LogP contribution in [0.2, 0.25) is 0 Å². The Hall–Kier alpha value is -7.74. The second-order valence-electron chi connectivity index (χ2n) is 17.1. The van der Waals surface area contributed by atoms with E-state index in [9.17, 15) is 19.2 Å². The number of rotatable bonds is 8. The van der Waals surface area contributed by atoms with Gasteiger partial charge >= 0.3 is 11.9 Å². The van der Waals surface area contributed by atoms with Crippen molar-refractivity contribution in [2.24, 2.45) is 0 Å². The molecule has 12 heteroatoms. The van der Waals surface area contributed by atoms with Crippen LogP contribution in [0.15, 0.2) is 162 Å². The van der Waals surface area contributed by atoms with E-state index in [0.29, 0.717) is 37.4 Å². The van der Waals surface area contributed by atoms with Crippen LogP contribution < -0.4 is 0 Å². The highest BCUT2D eigenvalue weighted by atomic mass is 32.1. The fraction of sp³-hybridized carbons (Fsp3) is 0.0526. The zero-order chi connectivity index (χ0) is 46.7. The summed E-state index contributed by atoms with van der Waals surface area (Å²) < 4.78 is 17.6. The molecule has 4 aromatic heterocycles. The summed E-state index contributed by atoms with van der Waals surface area (Å²) in [5, 5.41) is 3.37. The molecule has 3 aliphatic carbocycles. The van der Waals surface area contributed by atoms with E-state index in [-0.39, 0.29) is 52.6 Å². The molecule has 0 unspecified atom stereocenters. The van der Waals surface area contributed by atoms with Crippen molar-refractivity contribution in [2.45, 2.75) is 18.6 Å². The topological polar surface area (TPSA) is 121 Å². The van der Waals surface area contributed by atoms with Gasteiger partial charge in [0.1, 0.15) is 13.2 Å². The summed E-state index contributed by atoms with van der Waals surface area (Å²) in [6.45, 7) is -0.314. The van der Waals surface area contributed by atoms with Crippen molar-refractivity contribution >= 4 is 142 Å². The van der Waals surface area contributed by atoms with Crippen molar-refractivity contribution in [3.8, 4) is 0 Å². The first-order chi connectivity index (χ1) is 33.6. The minimum absolute atomic E-state index is 0.0996. The van der Waals surface area contributed by atoms with Crippen LogP contribution in [0.4, 0.5) is 0 Å². The molecule has 10 aromatic rings. The molecule has 0 radical (unpaired) electrons. The Labute approximate surface area is 407 Å². The number of carbonyl (C=O) groups excluding carboxylic acids is 6. The number of hydrogen-bond donors (Lipinski definition) is 0. The second kappa shape index (κ2) is 15.7. The molecule has 330 valence electrons. The first-order valence-corrected chi connectivity index (χ1v) is 25.2. The van der Waals surface area contributed by atoms with E-state index >= 15 is 9.59 Å². The fourth-order valence-corrected chi connectivity index (χ4v) is 15.6. The van der Waals surface area contributed by atoms with Gasteiger partial charge in [0.25, 0.3) is 0 Å². The van der Waals surface area contributed by atoms with Gasteiger partial charge in [-0.2, -0.15) is 0 Å². The molecule has 0 spiro atoms. The minimum atomic E-state index is -2.25. The standard InChI is InChI=1S/C57H30O8S4/c58-46-37-19-31-15-7-8-16-32(31)20-38(37)47(59)41(46)23-35-24-43-45(57(35,55(62)64-27-29-11-3-1-4-12-29)56(63)65-28-30-13-5-2-6-14-30)51-53(67-43)54-52(69-51)50-44(68-54)26-36(66-50)25-42-48(60)39-21-33-17-9-10-18-34(33)22-40(39)49(42)61/h1-26H,27-28H2. The van der Waals surface area contributed by atoms with Gasteiger partial charge in [0.15, 0.2) is 23.1 Å². The van der Waals surface area contributed by atoms with Gasteiger partial charge in [-0.05, 0) is 86.8 Å². The maximum Gasteiger partial charge on any atom is 0.333 e. The molecule has 0 saturated carbocycles. The van der Waals surface area contributed by atoms with Gasteiger partial charge in [0, 0.05) is 42.3 Å². The molecular formula is C57H30O8S4. The lowest BCUT2D eigenvalue weighted by atomic mass is 9.76. The number of hydrogen-bond acceptors (Lipinski definition) is 12. The van der Waals surface area contributed by atoms with Crippen LogP contribution in [0, 0.1) is 0 Å². The van der Waals surface area contributed by atoms with Gasteiger partial charge in [0.2, 0.25) is 5.41 Å². The maximum absolute atomic E-state index is 15.3. The molecule has 0 aliphatic heterocycles. The molecule has 13 rings (SSSR count). The molecule has 6 aromatic carbocycles. The van der Waals surface area contributed by atoms with E-state index in [1.54, 1.807) is 47.8 Å². The zero-order valence-electron chi connectivity index (χ0n) is 35.8. The third-order valence-electron chi connectivity index (χ3n) is 13.1. The van der Waals surface area contributed by atoms with Crippen molar-refractivity contribution in [2.75, 3.05) is 0 Å².